The molecule has 1 N–H and O–H groups in total. The Labute approximate surface area is 163 Å². The van der Waals surface area contributed by atoms with Gasteiger partial charge in [0.25, 0.3) is 0 Å². The molecule has 0 aliphatic carbocycles. The first kappa shape index (κ1) is 19.0. The molecular formula is C21H22N2O3S. The highest BCUT2D eigenvalue weighted by Crippen LogP contribution is 2.28. The van der Waals surface area contributed by atoms with Crippen LogP contribution in [0.3, 0.4) is 0 Å². The molecule has 1 heterocycles. The molecule has 0 unspecified atom stereocenters. The fraction of sp³-hybridized carbons (Fsp3) is 0.238. The third-order valence-corrected chi connectivity index (χ3v) is 5.23. The maximum absolute atomic E-state index is 12.4. The van der Waals surface area contributed by atoms with Crippen molar-refractivity contribution < 1.29 is 14.3 Å². The molecule has 2 aromatic carbocycles. The van der Waals surface area contributed by atoms with E-state index >= 15 is 0 Å². The number of benzene rings is 2. The molecule has 0 saturated heterocycles. The zero-order chi connectivity index (χ0) is 19.4. The zero-order valence-electron chi connectivity index (χ0n) is 15.8. The number of carbonyl (C=O) groups excluding carboxylic acids is 1. The molecule has 1 amide bonds. The van der Waals surface area contributed by atoms with Gasteiger partial charge in [0.15, 0.2) is 0 Å². The number of nitrogens with zero attached hydrogens (tertiary/aromatic N) is 1. The predicted octanol–water partition coefficient (Wildman–Crippen LogP) is 4.60. The summed E-state index contributed by atoms with van der Waals surface area (Å²) in [5.41, 5.74) is 3.64. The number of fused-ring (bicyclic) bond motifs is 1. The molecule has 0 atom stereocenters. The Kier molecular flexibility index (Phi) is 5.86. The highest BCUT2D eigenvalue weighted by atomic mass is 32.2. The third-order valence-electron chi connectivity index (χ3n) is 4.14. The van der Waals surface area contributed by atoms with Gasteiger partial charge in [0.05, 0.1) is 31.2 Å². The van der Waals surface area contributed by atoms with Crippen LogP contribution in [0.25, 0.3) is 10.9 Å². The minimum atomic E-state index is -0.0973. The maximum Gasteiger partial charge on any atom is 0.234 e. The van der Waals surface area contributed by atoms with Crippen LogP contribution in [0.2, 0.25) is 0 Å². The highest BCUT2D eigenvalue weighted by molar-refractivity contribution is 8.00. The molecular weight excluding hydrogens is 360 g/mol. The van der Waals surface area contributed by atoms with Crippen LogP contribution in [0.4, 0.5) is 5.69 Å². The number of aromatic nitrogens is 1. The van der Waals surface area contributed by atoms with Gasteiger partial charge >= 0.3 is 0 Å². The van der Waals surface area contributed by atoms with E-state index in [2.05, 4.69) is 16.4 Å². The number of hydrogen-bond acceptors (Lipinski definition) is 5. The van der Waals surface area contributed by atoms with E-state index in [0.29, 0.717) is 11.4 Å². The second-order valence-corrected chi connectivity index (χ2v) is 7.17. The van der Waals surface area contributed by atoms with Crippen LogP contribution in [0, 0.1) is 13.8 Å². The molecule has 140 valence electrons. The molecule has 0 radical (unpaired) electrons. The Morgan fingerprint density at radius 3 is 2.63 bits per heavy atom. The van der Waals surface area contributed by atoms with Crippen LogP contribution in [0.1, 0.15) is 11.1 Å². The maximum atomic E-state index is 12.4. The molecule has 1 aromatic heterocycles. The lowest BCUT2D eigenvalue weighted by atomic mass is 10.1. The van der Waals surface area contributed by atoms with Crippen LogP contribution >= 0.6 is 11.8 Å². The van der Waals surface area contributed by atoms with Gasteiger partial charge < -0.3 is 14.8 Å². The number of carbonyl (C=O) groups is 1. The standard InChI is InChI=1S/C21H22N2O3S/c1-13-5-8-19(26-4)18(9-13)22-20(24)12-27-21-14(2)10-15-11-16(25-3)6-7-17(15)23-21/h5-11H,12H2,1-4H3,(H,22,24). The molecule has 0 saturated carbocycles. The van der Waals surface area contributed by atoms with E-state index in [0.717, 1.165) is 32.8 Å². The van der Waals surface area contributed by atoms with E-state index in [1.54, 1.807) is 14.2 Å². The molecule has 0 aliphatic heterocycles. The summed E-state index contributed by atoms with van der Waals surface area (Å²) in [6.45, 7) is 3.97. The Morgan fingerprint density at radius 1 is 1.07 bits per heavy atom. The number of thioether (sulfide) groups is 1. The van der Waals surface area contributed by atoms with Crippen molar-refractivity contribution in [3.63, 3.8) is 0 Å². The third kappa shape index (κ3) is 4.52. The van der Waals surface area contributed by atoms with E-state index in [9.17, 15) is 4.79 Å². The molecule has 0 fully saturated rings. The summed E-state index contributed by atoms with van der Waals surface area (Å²) in [6.07, 6.45) is 0. The largest absolute Gasteiger partial charge is 0.497 e. The molecule has 27 heavy (non-hydrogen) atoms. The molecule has 6 heteroatoms. The van der Waals surface area contributed by atoms with Crippen molar-refractivity contribution in [2.24, 2.45) is 0 Å². The summed E-state index contributed by atoms with van der Waals surface area (Å²) in [6, 6.07) is 13.5. The van der Waals surface area contributed by atoms with Gasteiger partial charge in [0.2, 0.25) is 5.91 Å². The first-order valence-corrected chi connectivity index (χ1v) is 9.51. The number of ether oxygens (including phenoxy) is 2. The highest BCUT2D eigenvalue weighted by Gasteiger charge is 2.11. The fourth-order valence-electron chi connectivity index (χ4n) is 2.76. The quantitative estimate of drug-likeness (QED) is 0.632. The minimum Gasteiger partial charge on any atom is -0.497 e. The van der Waals surface area contributed by atoms with E-state index < -0.39 is 0 Å². The molecule has 3 rings (SSSR count). The second kappa shape index (κ2) is 8.31. The normalized spacial score (nSPS) is 10.7. The number of aryl methyl sites for hydroxylation is 2. The second-order valence-electron chi connectivity index (χ2n) is 6.21. The summed E-state index contributed by atoms with van der Waals surface area (Å²) in [5, 5.41) is 4.78. The van der Waals surface area contributed by atoms with Crippen molar-refractivity contribution in [2.45, 2.75) is 18.9 Å². The predicted molar refractivity (Wildman–Crippen MR) is 110 cm³/mol. The Bertz CT molecular complexity index is 989. The smallest absolute Gasteiger partial charge is 0.234 e. The van der Waals surface area contributed by atoms with Gasteiger partial charge in [-0.3, -0.25) is 4.79 Å². The Balaban J connectivity index is 1.72. The number of pyridine rings is 1. The molecule has 3 aromatic rings. The lowest BCUT2D eigenvalue weighted by Gasteiger charge is -2.11. The summed E-state index contributed by atoms with van der Waals surface area (Å²) in [5.74, 6) is 1.62. The van der Waals surface area contributed by atoms with Crippen LogP contribution < -0.4 is 14.8 Å². The number of rotatable bonds is 6. The Morgan fingerprint density at radius 2 is 1.89 bits per heavy atom. The summed E-state index contributed by atoms with van der Waals surface area (Å²) >= 11 is 1.42. The average molecular weight is 382 g/mol. The van der Waals surface area contributed by atoms with Gasteiger partial charge in [-0.15, -0.1) is 0 Å². The fourth-order valence-corrected chi connectivity index (χ4v) is 3.54. The first-order valence-electron chi connectivity index (χ1n) is 8.53. The van der Waals surface area contributed by atoms with E-state index in [1.165, 1.54) is 11.8 Å². The van der Waals surface area contributed by atoms with Gasteiger partial charge in [-0.25, -0.2) is 4.98 Å². The number of anilines is 1. The molecule has 0 spiro atoms. The summed E-state index contributed by atoms with van der Waals surface area (Å²) in [7, 11) is 3.24. The van der Waals surface area contributed by atoms with Gasteiger partial charge in [-0.2, -0.15) is 0 Å². The van der Waals surface area contributed by atoms with E-state index in [-0.39, 0.29) is 11.7 Å². The van der Waals surface area contributed by atoms with Gasteiger partial charge in [-0.05, 0) is 61.4 Å². The van der Waals surface area contributed by atoms with Crippen molar-refractivity contribution in [3.05, 3.63) is 53.6 Å². The number of methoxy groups -OCH3 is 2. The van der Waals surface area contributed by atoms with Crippen LogP contribution in [-0.4, -0.2) is 30.9 Å². The van der Waals surface area contributed by atoms with Crippen LogP contribution in [0.5, 0.6) is 11.5 Å². The van der Waals surface area contributed by atoms with Gasteiger partial charge in [-0.1, -0.05) is 17.8 Å². The number of hydrogen-bond donors (Lipinski definition) is 1. The molecule has 0 bridgehead atoms. The van der Waals surface area contributed by atoms with Crippen LogP contribution in [-0.2, 0) is 4.79 Å². The Hall–Kier alpha value is -2.73. The van der Waals surface area contributed by atoms with Crippen molar-refractivity contribution >= 4 is 34.3 Å². The van der Waals surface area contributed by atoms with Crippen molar-refractivity contribution in [1.82, 2.24) is 4.98 Å². The topological polar surface area (TPSA) is 60.5 Å². The van der Waals surface area contributed by atoms with Crippen molar-refractivity contribution in [3.8, 4) is 11.5 Å². The van der Waals surface area contributed by atoms with E-state index in [4.69, 9.17) is 9.47 Å². The van der Waals surface area contributed by atoms with Crippen molar-refractivity contribution in [1.29, 1.82) is 0 Å². The lowest BCUT2D eigenvalue weighted by molar-refractivity contribution is -0.113. The monoisotopic (exact) mass is 382 g/mol. The van der Waals surface area contributed by atoms with Crippen molar-refractivity contribution in [2.75, 3.05) is 25.3 Å². The number of amides is 1. The lowest BCUT2D eigenvalue weighted by Crippen LogP contribution is -2.15. The SMILES string of the molecule is COc1ccc2nc(SCC(=O)Nc3cc(C)ccc3OC)c(C)cc2c1. The van der Waals surface area contributed by atoms with Gasteiger partial charge in [0, 0.05) is 5.39 Å². The zero-order valence-corrected chi connectivity index (χ0v) is 16.6. The summed E-state index contributed by atoms with van der Waals surface area (Å²) in [4.78, 5) is 17.1. The van der Waals surface area contributed by atoms with Crippen LogP contribution in [0.15, 0.2) is 47.5 Å². The first-order chi connectivity index (χ1) is 13.0. The summed E-state index contributed by atoms with van der Waals surface area (Å²) < 4.78 is 10.6. The van der Waals surface area contributed by atoms with E-state index in [1.807, 2.05) is 50.2 Å². The average Bonchev–Trinajstić information content (AvgIpc) is 2.66. The molecule has 5 nitrogen and oxygen atoms in total. The number of nitrogens with one attached hydrogen (secondary N) is 1. The molecule has 0 aliphatic rings. The minimum absolute atomic E-state index is 0.0973. The van der Waals surface area contributed by atoms with Gasteiger partial charge in [0.1, 0.15) is 16.5 Å².